The molecule has 0 saturated heterocycles. The Kier molecular flexibility index (Phi) is 4.16. The molecule has 2 aromatic heterocycles. The highest BCUT2D eigenvalue weighted by Gasteiger charge is 2.10. The van der Waals surface area contributed by atoms with Crippen LogP contribution in [-0.2, 0) is 6.42 Å². The molecule has 0 saturated carbocycles. The van der Waals surface area contributed by atoms with Crippen LogP contribution in [0.15, 0.2) is 28.9 Å². The van der Waals surface area contributed by atoms with Gasteiger partial charge >= 0.3 is 0 Å². The molecule has 2 rings (SSSR count). The van der Waals surface area contributed by atoms with Crippen LogP contribution in [-0.4, -0.2) is 16.5 Å². The third-order valence-corrected chi connectivity index (χ3v) is 3.05. The van der Waals surface area contributed by atoms with Gasteiger partial charge in [-0.1, -0.05) is 12.2 Å². The van der Waals surface area contributed by atoms with Crippen molar-refractivity contribution >= 4 is 22.9 Å². The Morgan fingerprint density at radius 2 is 2.26 bits per heavy atom. The van der Waals surface area contributed by atoms with E-state index in [0.29, 0.717) is 4.99 Å². The number of nitrogens with zero attached hydrogens (tertiary/aromatic N) is 1. The number of hydrogen-bond acceptors (Lipinski definition) is 4. The summed E-state index contributed by atoms with van der Waals surface area (Å²) in [7, 11) is 0. The summed E-state index contributed by atoms with van der Waals surface area (Å²) in [6.07, 6.45) is 2.49. The number of rotatable bonds is 5. The monoisotopic (exact) mass is 275 g/mol. The van der Waals surface area contributed by atoms with Gasteiger partial charge in [0, 0.05) is 30.0 Å². The largest absolute Gasteiger partial charge is 0.469 e. The van der Waals surface area contributed by atoms with Crippen molar-refractivity contribution < 1.29 is 4.42 Å². The van der Waals surface area contributed by atoms with Crippen LogP contribution in [0.4, 0.5) is 5.69 Å². The van der Waals surface area contributed by atoms with Gasteiger partial charge < -0.3 is 15.5 Å². The fourth-order valence-electron chi connectivity index (χ4n) is 2.05. The molecule has 100 valence electrons. The number of hydrogen-bond donors (Lipinski definition) is 2. The van der Waals surface area contributed by atoms with Crippen molar-refractivity contribution in [1.82, 2.24) is 4.98 Å². The molecule has 2 aromatic rings. The molecule has 2 heterocycles. The molecule has 0 bridgehead atoms. The predicted molar refractivity (Wildman–Crippen MR) is 80.5 cm³/mol. The SMILES string of the molecule is Cc1cc(NCCc2ccco2)c(C(N)=S)c(C)n1. The number of aromatic nitrogens is 1. The molecule has 0 radical (unpaired) electrons. The lowest BCUT2D eigenvalue weighted by Gasteiger charge is -2.13. The lowest BCUT2D eigenvalue weighted by Crippen LogP contribution is -2.17. The van der Waals surface area contributed by atoms with Crippen LogP contribution >= 0.6 is 12.2 Å². The van der Waals surface area contributed by atoms with Gasteiger partial charge in [-0.2, -0.15) is 0 Å². The zero-order valence-corrected chi connectivity index (χ0v) is 11.9. The fourth-order valence-corrected chi connectivity index (χ4v) is 2.31. The van der Waals surface area contributed by atoms with Gasteiger partial charge in [0.05, 0.1) is 11.8 Å². The van der Waals surface area contributed by atoms with Crippen molar-refractivity contribution in [3.8, 4) is 0 Å². The van der Waals surface area contributed by atoms with E-state index in [0.717, 1.165) is 41.4 Å². The summed E-state index contributed by atoms with van der Waals surface area (Å²) in [5.41, 5.74) is 9.32. The van der Waals surface area contributed by atoms with Gasteiger partial charge in [-0.05, 0) is 32.0 Å². The second-order valence-electron chi connectivity index (χ2n) is 4.39. The highest BCUT2D eigenvalue weighted by Crippen LogP contribution is 2.19. The Morgan fingerprint density at radius 1 is 1.47 bits per heavy atom. The van der Waals surface area contributed by atoms with Crippen molar-refractivity contribution in [2.45, 2.75) is 20.3 Å². The summed E-state index contributed by atoms with van der Waals surface area (Å²) in [5, 5.41) is 3.35. The maximum Gasteiger partial charge on any atom is 0.107 e. The van der Waals surface area contributed by atoms with Crippen molar-refractivity contribution in [3.05, 3.63) is 47.2 Å². The van der Waals surface area contributed by atoms with Gasteiger partial charge in [0.25, 0.3) is 0 Å². The molecule has 0 unspecified atom stereocenters. The Hall–Kier alpha value is -1.88. The normalized spacial score (nSPS) is 10.4. The predicted octanol–water partition coefficient (Wildman–Crippen LogP) is 2.58. The van der Waals surface area contributed by atoms with Crippen LogP contribution in [0.3, 0.4) is 0 Å². The van der Waals surface area contributed by atoms with E-state index in [1.54, 1.807) is 6.26 Å². The number of pyridine rings is 1. The molecule has 0 atom stereocenters. The van der Waals surface area contributed by atoms with Gasteiger partial charge in [0.2, 0.25) is 0 Å². The topological polar surface area (TPSA) is 64.1 Å². The van der Waals surface area contributed by atoms with E-state index in [9.17, 15) is 0 Å². The van der Waals surface area contributed by atoms with Crippen LogP contribution in [0.25, 0.3) is 0 Å². The van der Waals surface area contributed by atoms with Crippen LogP contribution < -0.4 is 11.1 Å². The number of aryl methyl sites for hydroxylation is 2. The van der Waals surface area contributed by atoms with Crippen molar-refractivity contribution in [3.63, 3.8) is 0 Å². The Morgan fingerprint density at radius 3 is 2.89 bits per heavy atom. The molecular weight excluding hydrogens is 258 g/mol. The molecule has 4 nitrogen and oxygen atoms in total. The summed E-state index contributed by atoms with van der Waals surface area (Å²) in [5.74, 6) is 0.951. The zero-order chi connectivity index (χ0) is 13.8. The van der Waals surface area contributed by atoms with Crippen molar-refractivity contribution in [2.75, 3.05) is 11.9 Å². The Balaban J connectivity index is 2.12. The standard InChI is InChI=1S/C14H17N3OS/c1-9-8-12(13(14(15)19)10(2)17-9)16-6-5-11-4-3-7-18-11/h3-4,7-8H,5-6H2,1-2H3,(H2,15,19)(H,16,17). The molecule has 0 aromatic carbocycles. The van der Waals surface area contributed by atoms with Gasteiger partial charge in [-0.15, -0.1) is 0 Å². The van der Waals surface area contributed by atoms with Gasteiger partial charge in [-0.3, -0.25) is 4.98 Å². The Bertz CT molecular complexity index is 579. The van der Waals surface area contributed by atoms with Crippen LogP contribution in [0.1, 0.15) is 22.7 Å². The third-order valence-electron chi connectivity index (χ3n) is 2.84. The number of furan rings is 1. The first-order valence-corrected chi connectivity index (χ1v) is 6.53. The number of nitrogens with one attached hydrogen (secondary N) is 1. The molecule has 0 fully saturated rings. The highest BCUT2D eigenvalue weighted by molar-refractivity contribution is 7.80. The summed E-state index contributed by atoms with van der Waals surface area (Å²) in [4.78, 5) is 4.75. The van der Waals surface area contributed by atoms with Crippen molar-refractivity contribution in [1.29, 1.82) is 0 Å². The quantitative estimate of drug-likeness (QED) is 0.821. The number of thiocarbonyl (C=S) groups is 1. The molecule has 5 heteroatoms. The maximum atomic E-state index is 5.76. The first-order chi connectivity index (χ1) is 9.08. The van der Waals surface area contributed by atoms with Crippen LogP contribution in [0, 0.1) is 13.8 Å². The molecule has 0 aliphatic rings. The summed E-state index contributed by atoms with van der Waals surface area (Å²) < 4.78 is 5.29. The van der Waals surface area contributed by atoms with E-state index in [1.807, 2.05) is 32.0 Å². The fraction of sp³-hybridized carbons (Fsp3) is 0.286. The second-order valence-corrected chi connectivity index (χ2v) is 4.83. The minimum Gasteiger partial charge on any atom is -0.469 e. The molecule has 3 N–H and O–H groups in total. The lowest BCUT2D eigenvalue weighted by molar-refractivity contribution is 0.513. The first-order valence-electron chi connectivity index (χ1n) is 6.12. The van der Waals surface area contributed by atoms with Gasteiger partial charge in [-0.25, -0.2) is 0 Å². The van der Waals surface area contributed by atoms with Gasteiger partial charge in [0.1, 0.15) is 10.7 Å². The van der Waals surface area contributed by atoms with Crippen LogP contribution in [0.2, 0.25) is 0 Å². The molecule has 19 heavy (non-hydrogen) atoms. The van der Waals surface area contributed by atoms with E-state index in [2.05, 4.69) is 10.3 Å². The minimum absolute atomic E-state index is 0.366. The molecule has 0 aliphatic heterocycles. The third kappa shape index (κ3) is 3.32. The molecule has 0 amide bonds. The zero-order valence-electron chi connectivity index (χ0n) is 11.1. The average Bonchev–Trinajstić information content (AvgIpc) is 2.80. The summed E-state index contributed by atoms with van der Waals surface area (Å²) in [6.45, 7) is 4.62. The van der Waals surface area contributed by atoms with Crippen LogP contribution in [0.5, 0.6) is 0 Å². The molecule has 0 aliphatic carbocycles. The van der Waals surface area contributed by atoms with E-state index >= 15 is 0 Å². The summed E-state index contributed by atoms with van der Waals surface area (Å²) >= 11 is 5.09. The van der Waals surface area contributed by atoms with E-state index < -0.39 is 0 Å². The second kappa shape index (κ2) is 5.84. The Labute approximate surface area is 118 Å². The summed E-state index contributed by atoms with van der Waals surface area (Å²) in [6, 6.07) is 5.80. The lowest BCUT2D eigenvalue weighted by atomic mass is 10.1. The highest BCUT2D eigenvalue weighted by atomic mass is 32.1. The van der Waals surface area contributed by atoms with E-state index in [-0.39, 0.29) is 0 Å². The molecular formula is C14H17N3OS. The first kappa shape index (κ1) is 13.5. The smallest absolute Gasteiger partial charge is 0.107 e. The number of nitrogens with two attached hydrogens (primary N) is 1. The maximum absolute atomic E-state index is 5.76. The average molecular weight is 275 g/mol. The van der Waals surface area contributed by atoms with E-state index in [1.165, 1.54) is 0 Å². The van der Waals surface area contributed by atoms with E-state index in [4.69, 9.17) is 22.4 Å². The van der Waals surface area contributed by atoms with Gasteiger partial charge in [0.15, 0.2) is 0 Å². The number of anilines is 1. The van der Waals surface area contributed by atoms with Crippen molar-refractivity contribution in [2.24, 2.45) is 5.73 Å². The minimum atomic E-state index is 0.366. The molecule has 0 spiro atoms.